The number of ether oxygens (including phenoxy) is 1. The van der Waals surface area contributed by atoms with Gasteiger partial charge in [-0.15, -0.1) is 0 Å². The SMILES string of the molecule is O=C1CO[C@H](c2ccc(F)cc2C(F)(F)F)CN1. The summed E-state index contributed by atoms with van der Waals surface area (Å²) >= 11 is 0. The van der Waals surface area contributed by atoms with Crippen LogP contribution in [0.25, 0.3) is 0 Å². The Hall–Kier alpha value is -1.63. The summed E-state index contributed by atoms with van der Waals surface area (Å²) in [7, 11) is 0. The standard InChI is InChI=1S/C11H9F4NO2/c12-6-1-2-7(8(3-6)11(13,14)15)9-4-16-10(17)5-18-9/h1-3,9H,4-5H2,(H,16,17)/t9-/m0/s1. The van der Waals surface area contributed by atoms with Crippen LogP contribution >= 0.6 is 0 Å². The fourth-order valence-electron chi connectivity index (χ4n) is 1.75. The van der Waals surface area contributed by atoms with E-state index < -0.39 is 23.7 Å². The largest absolute Gasteiger partial charge is 0.416 e. The number of alkyl halides is 3. The molecule has 1 aliphatic rings. The van der Waals surface area contributed by atoms with Crippen molar-refractivity contribution in [1.82, 2.24) is 5.32 Å². The lowest BCUT2D eigenvalue weighted by molar-refractivity contribution is -0.141. The Kier molecular flexibility index (Phi) is 3.25. The molecule has 98 valence electrons. The molecule has 0 spiro atoms. The first-order valence-electron chi connectivity index (χ1n) is 5.13. The van der Waals surface area contributed by atoms with Crippen molar-refractivity contribution in [2.45, 2.75) is 12.3 Å². The molecule has 0 bridgehead atoms. The van der Waals surface area contributed by atoms with Crippen LogP contribution in [0.15, 0.2) is 18.2 Å². The lowest BCUT2D eigenvalue weighted by atomic mass is 10.0. The molecule has 0 unspecified atom stereocenters. The van der Waals surface area contributed by atoms with Crippen LogP contribution in [-0.4, -0.2) is 19.1 Å². The second kappa shape index (κ2) is 4.56. The van der Waals surface area contributed by atoms with Crippen LogP contribution in [0.3, 0.4) is 0 Å². The van der Waals surface area contributed by atoms with Crippen LogP contribution in [0.4, 0.5) is 17.6 Å². The molecule has 0 saturated carbocycles. The van der Waals surface area contributed by atoms with Crippen molar-refractivity contribution < 1.29 is 27.1 Å². The highest BCUT2D eigenvalue weighted by atomic mass is 19.4. The van der Waals surface area contributed by atoms with Crippen LogP contribution in [0.1, 0.15) is 17.2 Å². The number of carbonyl (C=O) groups is 1. The van der Waals surface area contributed by atoms with Gasteiger partial charge in [0.25, 0.3) is 0 Å². The van der Waals surface area contributed by atoms with E-state index in [1.165, 1.54) is 0 Å². The van der Waals surface area contributed by atoms with E-state index in [0.29, 0.717) is 6.07 Å². The third-order valence-corrected chi connectivity index (χ3v) is 2.57. The van der Waals surface area contributed by atoms with Crippen molar-refractivity contribution in [3.63, 3.8) is 0 Å². The molecule has 1 aromatic carbocycles. The Labute approximate surface area is 99.7 Å². The minimum absolute atomic E-state index is 0.0620. The molecule has 3 nitrogen and oxygen atoms in total. The van der Waals surface area contributed by atoms with E-state index in [9.17, 15) is 22.4 Å². The summed E-state index contributed by atoms with van der Waals surface area (Å²) in [6, 6.07) is 2.39. The average molecular weight is 263 g/mol. The Morgan fingerprint density at radius 2 is 2.06 bits per heavy atom. The lowest BCUT2D eigenvalue weighted by Gasteiger charge is -2.26. The maximum absolute atomic E-state index is 12.9. The van der Waals surface area contributed by atoms with Gasteiger partial charge in [0, 0.05) is 6.54 Å². The van der Waals surface area contributed by atoms with E-state index in [4.69, 9.17) is 4.74 Å². The van der Waals surface area contributed by atoms with Crippen molar-refractivity contribution in [2.24, 2.45) is 0 Å². The molecule has 1 fully saturated rings. The quantitative estimate of drug-likeness (QED) is 0.787. The zero-order chi connectivity index (χ0) is 13.3. The van der Waals surface area contributed by atoms with Gasteiger partial charge in [0.1, 0.15) is 18.5 Å². The highest BCUT2D eigenvalue weighted by Crippen LogP contribution is 2.36. The fraction of sp³-hybridized carbons (Fsp3) is 0.364. The summed E-state index contributed by atoms with van der Waals surface area (Å²) in [4.78, 5) is 10.9. The molecule has 0 aromatic heterocycles. The summed E-state index contributed by atoms with van der Waals surface area (Å²) in [5.41, 5.74) is -1.26. The van der Waals surface area contributed by atoms with E-state index in [0.717, 1.165) is 12.1 Å². The zero-order valence-corrected chi connectivity index (χ0v) is 9.05. The minimum Gasteiger partial charge on any atom is -0.362 e. The number of morpholine rings is 1. The number of benzene rings is 1. The van der Waals surface area contributed by atoms with Crippen LogP contribution in [-0.2, 0) is 15.7 Å². The van der Waals surface area contributed by atoms with Crippen molar-refractivity contribution in [3.05, 3.63) is 35.1 Å². The van der Waals surface area contributed by atoms with Crippen molar-refractivity contribution in [3.8, 4) is 0 Å². The number of hydrogen-bond acceptors (Lipinski definition) is 2. The molecule has 1 N–H and O–H groups in total. The molecular formula is C11H9F4NO2. The van der Waals surface area contributed by atoms with E-state index in [1.54, 1.807) is 0 Å². The molecule has 1 aliphatic heterocycles. The summed E-state index contributed by atoms with van der Waals surface area (Å²) < 4.78 is 56.2. The van der Waals surface area contributed by atoms with Gasteiger partial charge < -0.3 is 10.1 Å². The molecule has 1 aromatic rings. The second-order valence-corrected chi connectivity index (χ2v) is 3.83. The number of amides is 1. The molecule has 18 heavy (non-hydrogen) atoms. The van der Waals surface area contributed by atoms with Crippen molar-refractivity contribution >= 4 is 5.91 Å². The predicted octanol–water partition coefficient (Wildman–Crippen LogP) is 2.03. The fourth-order valence-corrected chi connectivity index (χ4v) is 1.75. The number of nitrogens with one attached hydrogen (secondary N) is 1. The van der Waals surface area contributed by atoms with Gasteiger partial charge in [0.05, 0.1) is 5.56 Å². The van der Waals surface area contributed by atoms with E-state index in [1.807, 2.05) is 0 Å². The number of carbonyl (C=O) groups excluding carboxylic acids is 1. The lowest BCUT2D eigenvalue weighted by Crippen LogP contribution is -2.39. The zero-order valence-electron chi connectivity index (χ0n) is 9.05. The van der Waals surface area contributed by atoms with Crippen LogP contribution < -0.4 is 5.32 Å². The van der Waals surface area contributed by atoms with Crippen LogP contribution in [0, 0.1) is 5.82 Å². The molecular weight excluding hydrogens is 254 g/mol. The van der Waals surface area contributed by atoms with E-state index in [2.05, 4.69) is 5.32 Å². The predicted molar refractivity (Wildman–Crippen MR) is 53.1 cm³/mol. The van der Waals surface area contributed by atoms with Gasteiger partial charge in [0.2, 0.25) is 5.91 Å². The first kappa shape index (κ1) is 12.8. The Morgan fingerprint density at radius 3 is 2.61 bits per heavy atom. The van der Waals surface area contributed by atoms with Crippen LogP contribution in [0.5, 0.6) is 0 Å². The molecule has 0 aliphatic carbocycles. The van der Waals surface area contributed by atoms with Gasteiger partial charge in [-0.3, -0.25) is 4.79 Å². The molecule has 2 rings (SSSR count). The first-order valence-corrected chi connectivity index (χ1v) is 5.13. The third-order valence-electron chi connectivity index (χ3n) is 2.57. The van der Waals surface area contributed by atoms with Crippen molar-refractivity contribution in [1.29, 1.82) is 0 Å². The first-order chi connectivity index (χ1) is 8.38. The van der Waals surface area contributed by atoms with E-state index in [-0.39, 0.29) is 24.6 Å². The summed E-state index contributed by atoms with van der Waals surface area (Å²) in [5.74, 6) is -1.35. The van der Waals surface area contributed by atoms with Crippen molar-refractivity contribution in [2.75, 3.05) is 13.2 Å². The summed E-state index contributed by atoms with van der Waals surface area (Å²) in [6.45, 7) is -0.368. The minimum atomic E-state index is -4.66. The van der Waals surface area contributed by atoms with Gasteiger partial charge in [-0.05, 0) is 17.7 Å². The van der Waals surface area contributed by atoms with Gasteiger partial charge in [-0.1, -0.05) is 6.07 Å². The Bertz CT molecular complexity index is 463. The molecule has 1 atom stereocenters. The summed E-state index contributed by atoms with van der Waals surface area (Å²) in [6.07, 6.45) is -5.58. The van der Waals surface area contributed by atoms with E-state index >= 15 is 0 Å². The highest BCUT2D eigenvalue weighted by molar-refractivity contribution is 5.77. The molecule has 1 saturated heterocycles. The number of halogens is 4. The maximum atomic E-state index is 12.9. The second-order valence-electron chi connectivity index (χ2n) is 3.83. The normalized spacial score (nSPS) is 20.7. The Balaban J connectivity index is 2.35. The molecule has 1 amide bonds. The molecule has 1 heterocycles. The Morgan fingerprint density at radius 1 is 1.33 bits per heavy atom. The smallest absolute Gasteiger partial charge is 0.362 e. The summed E-state index contributed by atoms with van der Waals surface area (Å²) in [5, 5.41) is 2.40. The maximum Gasteiger partial charge on any atom is 0.416 e. The number of hydrogen-bond donors (Lipinski definition) is 1. The van der Waals surface area contributed by atoms with Gasteiger partial charge >= 0.3 is 6.18 Å². The number of rotatable bonds is 1. The molecule has 0 radical (unpaired) electrons. The highest BCUT2D eigenvalue weighted by Gasteiger charge is 2.36. The third kappa shape index (κ3) is 2.61. The average Bonchev–Trinajstić information content (AvgIpc) is 2.29. The van der Waals surface area contributed by atoms with Crippen LogP contribution in [0.2, 0.25) is 0 Å². The van der Waals surface area contributed by atoms with Gasteiger partial charge in [-0.2, -0.15) is 13.2 Å². The van der Waals surface area contributed by atoms with Gasteiger partial charge in [0.15, 0.2) is 0 Å². The molecule has 7 heteroatoms. The van der Waals surface area contributed by atoms with Gasteiger partial charge in [-0.25, -0.2) is 4.39 Å². The topological polar surface area (TPSA) is 38.3 Å². The monoisotopic (exact) mass is 263 g/mol.